The lowest BCUT2D eigenvalue weighted by Crippen LogP contribution is -2.14. The van der Waals surface area contributed by atoms with Crippen LogP contribution < -0.4 is 5.32 Å². The van der Waals surface area contributed by atoms with Crippen LogP contribution in [0.1, 0.15) is 12.3 Å². The van der Waals surface area contributed by atoms with Crippen LogP contribution in [0.25, 0.3) is 17.0 Å². The Balaban J connectivity index is 1.39. The van der Waals surface area contributed by atoms with E-state index in [1.54, 1.807) is 17.2 Å². The molecular weight excluding hydrogens is 342 g/mol. The smallest absolute Gasteiger partial charge is 0.224 e. The number of hydrogen-bond donors (Lipinski definition) is 1. The lowest BCUT2D eigenvalue weighted by atomic mass is 10.2. The topological polar surface area (TPSA) is 85.8 Å². The van der Waals surface area contributed by atoms with Crippen molar-refractivity contribution in [2.75, 3.05) is 5.32 Å². The first-order chi connectivity index (χ1) is 13.3. The molecule has 4 aromatic rings. The van der Waals surface area contributed by atoms with E-state index in [4.69, 9.17) is 4.42 Å². The fraction of sp³-hybridized carbons (Fsp3) is 0.100. The first-order valence-corrected chi connectivity index (χ1v) is 8.53. The minimum Gasteiger partial charge on any atom is -0.441 e. The van der Waals surface area contributed by atoms with Crippen molar-refractivity contribution in [3.05, 3.63) is 79.3 Å². The number of rotatable bonds is 6. The summed E-state index contributed by atoms with van der Waals surface area (Å²) in [4.78, 5) is 20.6. The molecule has 0 aliphatic rings. The largest absolute Gasteiger partial charge is 0.441 e. The zero-order valence-electron chi connectivity index (χ0n) is 14.4. The van der Waals surface area contributed by atoms with E-state index in [-0.39, 0.29) is 12.3 Å². The second-order valence-electron chi connectivity index (χ2n) is 5.89. The van der Waals surface area contributed by atoms with Crippen molar-refractivity contribution >= 4 is 11.6 Å². The molecule has 4 rings (SSSR count). The van der Waals surface area contributed by atoms with Gasteiger partial charge in [-0.25, -0.2) is 14.6 Å². The van der Waals surface area contributed by atoms with Gasteiger partial charge in [-0.05, 0) is 12.1 Å². The molecule has 0 saturated carbocycles. The number of nitrogens with one attached hydrogen (secondary N) is 1. The van der Waals surface area contributed by atoms with Gasteiger partial charge in [0.15, 0.2) is 11.7 Å². The lowest BCUT2D eigenvalue weighted by molar-refractivity contribution is -0.116. The van der Waals surface area contributed by atoms with Gasteiger partial charge in [0.2, 0.25) is 5.91 Å². The van der Waals surface area contributed by atoms with Crippen LogP contribution >= 0.6 is 0 Å². The van der Waals surface area contributed by atoms with Crippen molar-refractivity contribution in [3.63, 3.8) is 0 Å². The lowest BCUT2D eigenvalue weighted by Gasteiger charge is -2.10. The number of oxazole rings is 1. The molecule has 0 aliphatic heterocycles. The minimum atomic E-state index is -0.123. The number of amides is 1. The van der Waals surface area contributed by atoms with Gasteiger partial charge in [-0.15, -0.1) is 0 Å². The number of carbonyl (C=O) groups is 1. The molecule has 0 radical (unpaired) electrons. The number of para-hydroxylation sites is 2. The molecular formula is C20H17N5O2. The Morgan fingerprint density at radius 3 is 2.70 bits per heavy atom. The van der Waals surface area contributed by atoms with Crippen molar-refractivity contribution in [1.29, 1.82) is 0 Å². The molecule has 0 atom stereocenters. The number of anilines is 1. The first kappa shape index (κ1) is 16.7. The predicted octanol–water partition coefficient (Wildman–Crippen LogP) is 3.49. The van der Waals surface area contributed by atoms with E-state index < -0.39 is 0 Å². The monoisotopic (exact) mass is 359 g/mol. The maximum Gasteiger partial charge on any atom is 0.224 e. The molecule has 0 unspecified atom stereocenters. The maximum atomic E-state index is 12.4. The molecule has 0 fully saturated rings. The normalized spacial score (nSPS) is 10.7. The fourth-order valence-corrected chi connectivity index (χ4v) is 2.71. The number of carbonyl (C=O) groups excluding carboxylic acids is 1. The van der Waals surface area contributed by atoms with E-state index in [2.05, 4.69) is 20.4 Å². The Morgan fingerprint density at radius 2 is 1.89 bits per heavy atom. The zero-order chi connectivity index (χ0) is 18.5. The molecule has 27 heavy (non-hydrogen) atoms. The summed E-state index contributed by atoms with van der Waals surface area (Å²) in [7, 11) is 0. The highest BCUT2D eigenvalue weighted by Gasteiger charge is 2.11. The summed E-state index contributed by atoms with van der Waals surface area (Å²) in [6.07, 6.45) is 5.40. The number of nitrogens with zero attached hydrogens (tertiary/aromatic N) is 4. The Morgan fingerprint density at radius 1 is 1.07 bits per heavy atom. The van der Waals surface area contributed by atoms with Crippen molar-refractivity contribution < 1.29 is 9.21 Å². The average molecular weight is 359 g/mol. The molecule has 0 saturated heterocycles. The molecule has 2 heterocycles. The van der Waals surface area contributed by atoms with Crippen LogP contribution in [-0.2, 0) is 11.2 Å². The van der Waals surface area contributed by atoms with Crippen LogP contribution in [0.2, 0.25) is 0 Å². The highest BCUT2D eigenvalue weighted by molar-refractivity contribution is 5.92. The van der Waals surface area contributed by atoms with E-state index in [0.29, 0.717) is 23.8 Å². The summed E-state index contributed by atoms with van der Waals surface area (Å²) < 4.78 is 7.35. The molecule has 134 valence electrons. The highest BCUT2D eigenvalue weighted by atomic mass is 16.4. The quantitative estimate of drug-likeness (QED) is 0.569. The molecule has 7 nitrogen and oxygen atoms in total. The van der Waals surface area contributed by atoms with Crippen molar-refractivity contribution in [2.45, 2.75) is 12.8 Å². The number of hydrogen-bond acceptors (Lipinski definition) is 5. The Kier molecular flexibility index (Phi) is 4.74. The third kappa shape index (κ3) is 3.92. The molecule has 0 bridgehead atoms. The molecule has 1 N–H and O–H groups in total. The Hall–Kier alpha value is -3.74. The van der Waals surface area contributed by atoms with Gasteiger partial charge in [0.25, 0.3) is 0 Å². The van der Waals surface area contributed by atoms with Gasteiger partial charge in [0.05, 0.1) is 17.6 Å². The maximum absolute atomic E-state index is 12.4. The van der Waals surface area contributed by atoms with Gasteiger partial charge in [-0.1, -0.05) is 42.5 Å². The van der Waals surface area contributed by atoms with Crippen molar-refractivity contribution in [2.24, 2.45) is 0 Å². The van der Waals surface area contributed by atoms with Gasteiger partial charge in [-0.3, -0.25) is 4.79 Å². The first-order valence-electron chi connectivity index (χ1n) is 8.53. The predicted molar refractivity (Wildman–Crippen MR) is 100 cm³/mol. The molecule has 2 aromatic carbocycles. The van der Waals surface area contributed by atoms with Crippen LogP contribution in [-0.4, -0.2) is 25.7 Å². The van der Waals surface area contributed by atoms with Gasteiger partial charge in [-0.2, -0.15) is 5.10 Å². The van der Waals surface area contributed by atoms with Crippen LogP contribution in [0, 0.1) is 0 Å². The zero-order valence-corrected chi connectivity index (χ0v) is 14.4. The van der Waals surface area contributed by atoms with E-state index >= 15 is 0 Å². The SMILES string of the molecule is O=C(CCc1ncc(-c2ccccc2)o1)Nc1ccccc1-n1cncn1. The second kappa shape index (κ2) is 7.65. The van der Waals surface area contributed by atoms with E-state index in [1.807, 2.05) is 54.6 Å². The van der Waals surface area contributed by atoms with Crippen LogP contribution in [0.15, 0.2) is 77.9 Å². The summed E-state index contributed by atoms with van der Waals surface area (Å²) >= 11 is 0. The Bertz CT molecular complexity index is 1030. The van der Waals surface area contributed by atoms with Gasteiger partial charge in [0, 0.05) is 18.4 Å². The molecule has 0 aliphatic carbocycles. The summed E-state index contributed by atoms with van der Waals surface area (Å²) in [6, 6.07) is 17.2. The molecule has 7 heteroatoms. The number of aromatic nitrogens is 4. The van der Waals surface area contributed by atoms with Gasteiger partial charge in [0.1, 0.15) is 12.7 Å². The molecule has 1 amide bonds. The average Bonchev–Trinajstić information content (AvgIpc) is 3.40. The third-order valence-electron chi connectivity index (χ3n) is 4.02. The van der Waals surface area contributed by atoms with Crippen LogP contribution in [0.5, 0.6) is 0 Å². The third-order valence-corrected chi connectivity index (χ3v) is 4.02. The van der Waals surface area contributed by atoms with Crippen molar-refractivity contribution in [1.82, 2.24) is 19.7 Å². The molecule has 2 aromatic heterocycles. The van der Waals surface area contributed by atoms with Gasteiger partial charge < -0.3 is 9.73 Å². The van der Waals surface area contributed by atoms with Gasteiger partial charge >= 0.3 is 0 Å². The van der Waals surface area contributed by atoms with Crippen molar-refractivity contribution in [3.8, 4) is 17.0 Å². The highest BCUT2D eigenvalue weighted by Crippen LogP contribution is 2.21. The van der Waals surface area contributed by atoms with E-state index in [1.165, 1.54) is 6.33 Å². The van der Waals surface area contributed by atoms with E-state index in [0.717, 1.165) is 11.3 Å². The summed E-state index contributed by atoms with van der Waals surface area (Å²) in [5.74, 6) is 1.11. The second-order valence-corrected chi connectivity index (χ2v) is 5.89. The van der Waals surface area contributed by atoms with E-state index in [9.17, 15) is 4.79 Å². The molecule has 0 spiro atoms. The number of benzene rings is 2. The summed E-state index contributed by atoms with van der Waals surface area (Å²) in [6.45, 7) is 0. The number of aryl methyl sites for hydroxylation is 1. The fourth-order valence-electron chi connectivity index (χ4n) is 2.71. The Labute approximate surface area is 155 Å². The summed E-state index contributed by atoms with van der Waals surface area (Å²) in [5, 5.41) is 7.02. The van der Waals surface area contributed by atoms with Crippen LogP contribution in [0.4, 0.5) is 5.69 Å². The minimum absolute atomic E-state index is 0.123. The summed E-state index contributed by atoms with van der Waals surface area (Å²) in [5.41, 5.74) is 2.39. The van der Waals surface area contributed by atoms with Crippen LogP contribution in [0.3, 0.4) is 0 Å². The standard InChI is InChI=1S/C20H17N5O2/c26-19(24-16-8-4-5-9-17(16)25-14-21-13-23-25)10-11-20-22-12-18(27-20)15-6-2-1-3-7-15/h1-9,12-14H,10-11H2,(H,24,26).